The van der Waals surface area contributed by atoms with Crippen molar-refractivity contribution in [2.75, 3.05) is 0 Å². The number of hydrogen-bond acceptors (Lipinski definition) is 10. The van der Waals surface area contributed by atoms with Gasteiger partial charge in [-0.15, -0.1) is 34.0 Å². The Morgan fingerprint density at radius 1 is 0.186 bits per heavy atom. The van der Waals surface area contributed by atoms with E-state index in [0.29, 0.717) is 17.7 Å². The monoisotopic (exact) mass is 1900 g/mol. The Morgan fingerprint density at radius 3 is 1.04 bits per heavy atom. The summed E-state index contributed by atoms with van der Waals surface area (Å²) in [5.41, 5.74) is 30.3. The van der Waals surface area contributed by atoms with Crippen molar-refractivity contribution >= 4 is 182 Å². The summed E-state index contributed by atoms with van der Waals surface area (Å²) in [4.78, 5) is 30.0. The summed E-state index contributed by atoms with van der Waals surface area (Å²) < 4.78 is 21.1. The van der Waals surface area contributed by atoms with Gasteiger partial charge in [-0.25, -0.2) is 29.9 Å². The average Bonchev–Trinajstić information content (AvgIpc) is 1.58. The molecule has 10 nitrogen and oxygen atoms in total. The molecule has 0 radical (unpaired) electrons. The van der Waals surface area contributed by atoms with Gasteiger partial charge in [-0.05, 0) is 159 Å². The van der Waals surface area contributed by atoms with E-state index in [0.717, 1.165) is 122 Å². The smallest absolute Gasteiger partial charge is 0.235 e. The molecule has 0 spiro atoms. The molecule has 0 aliphatic rings. The molecule has 0 unspecified atom stereocenters. The molecule has 10 aromatic heterocycles. The van der Waals surface area contributed by atoms with Crippen LogP contribution >= 0.6 is 34.0 Å². The molecule has 678 valence electrons. The third-order valence-electron chi connectivity index (χ3n) is 28.3. The minimum atomic E-state index is 0.642. The van der Waals surface area contributed by atoms with Crippen molar-refractivity contribution in [2.24, 2.45) is 0 Å². The van der Waals surface area contributed by atoms with Crippen LogP contribution in [0.2, 0.25) is 0 Å². The molecule has 0 fully saturated rings. The van der Waals surface area contributed by atoms with Gasteiger partial charge in [0, 0.05) is 155 Å². The van der Waals surface area contributed by atoms with Gasteiger partial charge in [0.2, 0.25) is 11.9 Å². The van der Waals surface area contributed by atoms with Crippen LogP contribution in [0.3, 0.4) is 0 Å². The molecule has 0 N–H and O–H groups in total. The largest absolute Gasteiger partial charge is 0.455 e. The molecule has 0 bridgehead atoms. The molecule has 0 amide bonds. The molecule has 145 heavy (non-hydrogen) atoms. The number of nitrogens with zero attached hydrogens (tertiary/aromatic N) is 9. The van der Waals surface area contributed by atoms with Gasteiger partial charge in [0.25, 0.3) is 0 Å². The van der Waals surface area contributed by atoms with Crippen LogP contribution in [0.25, 0.3) is 278 Å². The molecule has 13 heteroatoms. The second-order valence-corrected chi connectivity index (χ2v) is 39.8. The summed E-state index contributed by atoms with van der Waals surface area (Å²) >= 11 is 5.61. The number of para-hydroxylation sites is 5. The normalized spacial score (nSPS) is 11.7. The fourth-order valence-electron chi connectivity index (χ4n) is 21.4. The fourth-order valence-corrected chi connectivity index (χ4v) is 25.1. The predicted molar refractivity (Wildman–Crippen MR) is 609 cm³/mol. The third-order valence-corrected chi connectivity index (χ3v) is 31.9. The van der Waals surface area contributed by atoms with E-state index >= 15 is 0 Å². The van der Waals surface area contributed by atoms with Gasteiger partial charge in [0.15, 0.2) is 5.82 Å². The SMILES string of the molecule is c1ccc(-c2cc(-c3ccccc3)nc(-n3c4ccccc4c4cc(-c5cccc6c5oc5ccccc56)ccc43)n2)cc1.c1ccc(-c2ccc(-c3ccnc(-c4cccc(-n5c6ccccc6c6cc(-c7cccc8c7sc7ccccc78)ccc65)c4)n3)cc2)cc1.c1ccc2c(c1)sc1c(-c3ccc(-c4ccnc(-n5c6ccccc6c6cc(-c7cccc8c7sc7ccccc78)ccc65)n4)cc3)cccc12. The van der Waals surface area contributed by atoms with Crippen LogP contribution in [-0.4, -0.2) is 43.6 Å². The van der Waals surface area contributed by atoms with Crippen LogP contribution in [0.1, 0.15) is 0 Å². The van der Waals surface area contributed by atoms with Crippen molar-refractivity contribution in [1.29, 1.82) is 0 Å². The lowest BCUT2D eigenvalue weighted by atomic mass is 10.0. The van der Waals surface area contributed by atoms with Gasteiger partial charge in [0.05, 0.1) is 55.9 Å². The average molecular weight is 1910 g/mol. The zero-order chi connectivity index (χ0) is 95.5. The first-order valence-electron chi connectivity index (χ1n) is 48.6. The minimum absolute atomic E-state index is 0.642. The maximum Gasteiger partial charge on any atom is 0.235 e. The van der Waals surface area contributed by atoms with Crippen LogP contribution in [0, 0.1) is 0 Å². The Bertz CT molecular complexity index is 10300. The summed E-state index contributed by atoms with van der Waals surface area (Å²) in [5.74, 6) is 2.01. The maximum absolute atomic E-state index is 6.40. The van der Waals surface area contributed by atoms with E-state index in [1.54, 1.807) is 0 Å². The fraction of sp³-hybridized carbons (Fsp3) is 0. The maximum atomic E-state index is 6.40. The Kier molecular flexibility index (Phi) is 20.6. The van der Waals surface area contributed by atoms with Crippen molar-refractivity contribution in [1.82, 2.24) is 43.6 Å². The number of hydrogen-bond donors (Lipinski definition) is 0. The summed E-state index contributed by atoms with van der Waals surface area (Å²) in [6.07, 6.45) is 3.73. The van der Waals surface area contributed by atoms with E-state index in [1.807, 2.05) is 113 Å². The van der Waals surface area contributed by atoms with Crippen molar-refractivity contribution in [3.63, 3.8) is 0 Å². The molecule has 0 atom stereocenters. The standard InChI is InChI=1S/C46H27N3S2.C46H29N3S.C40H25N3O/c1-4-16-40-33(9-1)38-27-30(32-13-8-15-37-35-11-3-6-18-43(35)51-45(32)37)23-24-41(38)49(40)46-47-26-25-39(48-46)29-21-19-28(20-22-29)31-12-7-14-36-34-10-2-5-17-42(34)50-44(31)36;1-2-10-30(11-3-1)31-20-22-32(23-21-31)41-26-27-47-46(48-41)34-12-8-13-35(28-34)49-42-18-6-4-14-37(42)40-29-33(24-25-43(40)49)36-16-9-17-39-38-15-5-7-19-44(38)50-45(36)39;1-3-12-26(13-4-1)34-25-35(27-14-5-2-6-15-27)42-40(41-34)43-36-20-9-7-16-30(36)33-24-28(22-23-37(33)43)29-18-11-19-32-31-17-8-10-21-38(31)44-39(29)32/h1-27H;1-29H;1-25H. The summed E-state index contributed by atoms with van der Waals surface area (Å²) in [6, 6.07) is 170. The lowest BCUT2D eigenvalue weighted by molar-refractivity contribution is 0.670. The zero-order valence-corrected chi connectivity index (χ0v) is 80.4. The van der Waals surface area contributed by atoms with E-state index in [2.05, 4.69) is 426 Å². The first-order valence-corrected chi connectivity index (χ1v) is 51.1. The van der Waals surface area contributed by atoms with Crippen molar-refractivity contribution in [3.05, 3.63) is 492 Å². The highest BCUT2D eigenvalue weighted by Crippen LogP contribution is 2.49. The molecule has 0 aliphatic carbocycles. The quantitative estimate of drug-likeness (QED) is 0.113. The first-order chi connectivity index (χ1) is 71.9. The number of furan rings is 1. The molecular weight excluding hydrogens is 1820 g/mol. The lowest BCUT2D eigenvalue weighted by Crippen LogP contribution is -2.03. The molecule has 30 aromatic rings. The highest BCUT2D eigenvalue weighted by atomic mass is 32.1. The number of benzene rings is 20. The van der Waals surface area contributed by atoms with Crippen LogP contribution in [0.5, 0.6) is 0 Å². The van der Waals surface area contributed by atoms with Crippen LogP contribution in [0.4, 0.5) is 0 Å². The Morgan fingerprint density at radius 2 is 0.524 bits per heavy atom. The van der Waals surface area contributed by atoms with Gasteiger partial charge in [-0.2, -0.15) is 0 Å². The summed E-state index contributed by atoms with van der Waals surface area (Å²) in [7, 11) is 0. The number of thiophene rings is 3. The Balaban J connectivity index is 0.000000106. The third kappa shape index (κ3) is 14.8. The molecule has 20 aromatic carbocycles. The predicted octanol–water partition coefficient (Wildman–Crippen LogP) is 36.4. The van der Waals surface area contributed by atoms with Gasteiger partial charge >= 0.3 is 0 Å². The summed E-state index contributed by atoms with van der Waals surface area (Å²) in [6.45, 7) is 0. The highest BCUT2D eigenvalue weighted by molar-refractivity contribution is 7.27. The Labute approximate surface area is 844 Å². The minimum Gasteiger partial charge on any atom is -0.455 e. The zero-order valence-electron chi connectivity index (χ0n) is 77.9. The molecule has 0 saturated heterocycles. The molecule has 10 heterocycles. The van der Waals surface area contributed by atoms with E-state index in [1.165, 1.54) is 138 Å². The van der Waals surface area contributed by atoms with Crippen LogP contribution < -0.4 is 0 Å². The van der Waals surface area contributed by atoms with Crippen LogP contribution in [0.15, 0.2) is 496 Å². The second kappa shape index (κ2) is 35.4. The van der Waals surface area contributed by atoms with Crippen molar-refractivity contribution in [3.8, 4) is 130 Å². The molecular formula is C132H81N9OS3. The lowest BCUT2D eigenvalue weighted by Gasteiger charge is -2.12. The van der Waals surface area contributed by atoms with E-state index < -0.39 is 0 Å². The number of aromatic nitrogens is 9. The highest BCUT2D eigenvalue weighted by Gasteiger charge is 2.25. The van der Waals surface area contributed by atoms with Crippen LogP contribution in [-0.2, 0) is 0 Å². The topological polar surface area (TPSA) is 105 Å². The van der Waals surface area contributed by atoms with Gasteiger partial charge in [-0.1, -0.05) is 370 Å². The number of fused-ring (bicyclic) bond motifs is 21. The summed E-state index contributed by atoms with van der Waals surface area (Å²) in [5, 5.41) is 17.3. The van der Waals surface area contributed by atoms with Crippen molar-refractivity contribution in [2.45, 2.75) is 0 Å². The van der Waals surface area contributed by atoms with E-state index in [-0.39, 0.29) is 0 Å². The van der Waals surface area contributed by atoms with Crippen molar-refractivity contribution < 1.29 is 4.42 Å². The van der Waals surface area contributed by atoms with E-state index in [9.17, 15) is 0 Å². The number of rotatable bonds is 13. The van der Waals surface area contributed by atoms with Gasteiger partial charge in [-0.3, -0.25) is 9.13 Å². The molecule has 30 rings (SSSR count). The molecule has 0 aliphatic heterocycles. The van der Waals surface area contributed by atoms with Gasteiger partial charge < -0.3 is 8.98 Å². The van der Waals surface area contributed by atoms with Gasteiger partial charge in [0.1, 0.15) is 11.2 Å². The first kappa shape index (κ1) is 84.6. The van der Waals surface area contributed by atoms with E-state index in [4.69, 9.17) is 34.3 Å². The molecule has 0 saturated carbocycles. The second-order valence-electron chi connectivity index (χ2n) is 36.6. The Hall–Kier alpha value is -18.5.